The normalized spacial score (nSPS) is 38.2. The predicted octanol–water partition coefficient (Wildman–Crippen LogP) is 2.37. The van der Waals surface area contributed by atoms with Gasteiger partial charge in [-0.25, -0.2) is 0 Å². The molecule has 1 heterocycles. The number of rotatable bonds is 1. The molecule has 1 rings (SSSR count). The summed E-state index contributed by atoms with van der Waals surface area (Å²) in [7, 11) is 0. The molecule has 2 atom stereocenters. The second kappa shape index (κ2) is 2.98. The van der Waals surface area contributed by atoms with E-state index in [9.17, 15) is 0 Å². The molecule has 0 aromatic heterocycles. The van der Waals surface area contributed by atoms with Crippen molar-refractivity contribution in [3.05, 3.63) is 0 Å². The van der Waals surface area contributed by atoms with E-state index < -0.39 is 0 Å². The van der Waals surface area contributed by atoms with E-state index in [1.54, 1.807) is 0 Å². The van der Waals surface area contributed by atoms with Gasteiger partial charge in [-0.3, -0.25) is 0 Å². The van der Waals surface area contributed by atoms with Gasteiger partial charge in [0.25, 0.3) is 0 Å². The maximum atomic E-state index is 5.96. The minimum Gasteiger partial charge on any atom is -0.160 e. The molecule has 8 heavy (non-hydrogen) atoms. The van der Waals surface area contributed by atoms with Crippen LogP contribution in [-0.4, -0.2) is 16.9 Å². The summed E-state index contributed by atoms with van der Waals surface area (Å²) in [5, 5.41) is 0.463. The summed E-state index contributed by atoms with van der Waals surface area (Å²) >= 11 is 7.94. The lowest BCUT2D eigenvalue weighted by molar-refractivity contribution is 0.585. The summed E-state index contributed by atoms with van der Waals surface area (Å²) < 4.78 is 0. The topological polar surface area (TPSA) is 0 Å². The van der Waals surface area contributed by atoms with Crippen molar-refractivity contribution in [2.45, 2.75) is 18.7 Å². The third kappa shape index (κ3) is 1.32. The molecule has 0 bridgehead atoms. The molecule has 0 amide bonds. The van der Waals surface area contributed by atoms with E-state index in [4.69, 9.17) is 11.6 Å². The third-order valence-electron chi connectivity index (χ3n) is 1.64. The maximum Gasteiger partial charge on any atom is 0.0462 e. The average molecular weight is 151 g/mol. The molecule has 1 aliphatic heterocycles. The Morgan fingerprint density at radius 2 is 2.38 bits per heavy atom. The van der Waals surface area contributed by atoms with Crippen LogP contribution in [0.3, 0.4) is 0 Å². The second-order valence-corrected chi connectivity index (χ2v) is 3.86. The van der Waals surface area contributed by atoms with Gasteiger partial charge in [0, 0.05) is 11.1 Å². The Morgan fingerprint density at radius 3 is 2.62 bits per heavy atom. The molecule has 0 radical (unpaired) electrons. The van der Waals surface area contributed by atoms with Gasteiger partial charge in [-0.15, -0.1) is 11.6 Å². The fraction of sp³-hybridized carbons (Fsp3) is 1.00. The first kappa shape index (κ1) is 6.76. The van der Waals surface area contributed by atoms with Crippen LogP contribution >= 0.6 is 23.4 Å². The summed E-state index contributed by atoms with van der Waals surface area (Å²) in [5.74, 6) is 3.24. The first-order chi connectivity index (χ1) is 3.84. The highest BCUT2D eigenvalue weighted by Crippen LogP contribution is 2.30. The van der Waals surface area contributed by atoms with E-state index in [0.29, 0.717) is 5.38 Å². The Labute approximate surface area is 60.0 Å². The standard InChI is InChI=1S/C6H11ClS/c1-2-5-3-8-4-6(5)7/h5-6H,2-4H2,1H3. The zero-order valence-corrected chi connectivity index (χ0v) is 6.63. The minimum absolute atomic E-state index is 0.463. The van der Waals surface area contributed by atoms with Crippen LogP contribution in [0.2, 0.25) is 0 Å². The molecule has 48 valence electrons. The zero-order chi connectivity index (χ0) is 5.98. The molecular formula is C6H11ClS. The van der Waals surface area contributed by atoms with Crippen LogP contribution in [0, 0.1) is 5.92 Å². The second-order valence-electron chi connectivity index (χ2n) is 2.22. The smallest absolute Gasteiger partial charge is 0.0462 e. The molecule has 2 unspecified atom stereocenters. The summed E-state index contributed by atoms with van der Waals surface area (Å²) in [4.78, 5) is 0. The number of hydrogen-bond acceptors (Lipinski definition) is 1. The molecule has 1 aliphatic rings. The van der Waals surface area contributed by atoms with Gasteiger partial charge in [-0.1, -0.05) is 13.3 Å². The van der Waals surface area contributed by atoms with Crippen LogP contribution in [0.5, 0.6) is 0 Å². The van der Waals surface area contributed by atoms with E-state index in [1.165, 1.54) is 17.9 Å². The third-order valence-corrected chi connectivity index (χ3v) is 3.60. The number of thioether (sulfide) groups is 1. The highest BCUT2D eigenvalue weighted by Gasteiger charge is 2.23. The first-order valence-electron chi connectivity index (χ1n) is 3.06. The van der Waals surface area contributed by atoms with Crippen molar-refractivity contribution in [3.63, 3.8) is 0 Å². The maximum absolute atomic E-state index is 5.96. The van der Waals surface area contributed by atoms with Crippen LogP contribution in [0.25, 0.3) is 0 Å². The van der Waals surface area contributed by atoms with Gasteiger partial charge in [-0.2, -0.15) is 11.8 Å². The monoisotopic (exact) mass is 150 g/mol. The van der Waals surface area contributed by atoms with Crippen molar-refractivity contribution in [1.29, 1.82) is 0 Å². The molecule has 0 aromatic carbocycles. The predicted molar refractivity (Wildman–Crippen MR) is 40.7 cm³/mol. The van der Waals surface area contributed by atoms with E-state index >= 15 is 0 Å². The fourth-order valence-corrected chi connectivity index (χ4v) is 2.99. The van der Waals surface area contributed by atoms with Gasteiger partial charge in [0.2, 0.25) is 0 Å². The highest BCUT2D eigenvalue weighted by atomic mass is 35.5. The van der Waals surface area contributed by atoms with Crippen LogP contribution in [0.4, 0.5) is 0 Å². The fourth-order valence-electron chi connectivity index (χ4n) is 0.946. The van der Waals surface area contributed by atoms with Crippen LogP contribution in [0.15, 0.2) is 0 Å². The Morgan fingerprint density at radius 1 is 1.62 bits per heavy atom. The number of alkyl halides is 1. The van der Waals surface area contributed by atoms with Gasteiger partial charge in [0.1, 0.15) is 0 Å². The molecule has 0 nitrogen and oxygen atoms in total. The Balaban J connectivity index is 2.30. The average Bonchev–Trinajstić information content (AvgIpc) is 2.14. The lowest BCUT2D eigenvalue weighted by atomic mass is 10.1. The van der Waals surface area contributed by atoms with Gasteiger partial charge in [0.05, 0.1) is 0 Å². The quantitative estimate of drug-likeness (QED) is 0.518. The van der Waals surface area contributed by atoms with Crippen LogP contribution in [-0.2, 0) is 0 Å². The highest BCUT2D eigenvalue weighted by molar-refractivity contribution is 7.99. The van der Waals surface area contributed by atoms with Gasteiger partial charge in [0.15, 0.2) is 0 Å². The summed E-state index contributed by atoms with van der Waals surface area (Å²) in [5.41, 5.74) is 0. The molecule has 0 N–H and O–H groups in total. The molecule has 0 aromatic rings. The van der Waals surface area contributed by atoms with E-state index in [0.717, 1.165) is 5.92 Å². The Kier molecular flexibility index (Phi) is 2.51. The van der Waals surface area contributed by atoms with Gasteiger partial charge >= 0.3 is 0 Å². The minimum atomic E-state index is 0.463. The van der Waals surface area contributed by atoms with Crippen molar-refractivity contribution in [3.8, 4) is 0 Å². The van der Waals surface area contributed by atoms with Crippen molar-refractivity contribution < 1.29 is 0 Å². The van der Waals surface area contributed by atoms with E-state index in [-0.39, 0.29) is 0 Å². The first-order valence-corrected chi connectivity index (χ1v) is 4.65. The van der Waals surface area contributed by atoms with Crippen LogP contribution in [0.1, 0.15) is 13.3 Å². The van der Waals surface area contributed by atoms with Crippen molar-refractivity contribution in [1.82, 2.24) is 0 Å². The summed E-state index contributed by atoms with van der Waals surface area (Å²) in [6, 6.07) is 0. The number of hydrogen-bond donors (Lipinski definition) is 0. The number of halogens is 1. The molecule has 2 heteroatoms. The molecule has 0 spiro atoms. The summed E-state index contributed by atoms with van der Waals surface area (Å²) in [6.07, 6.45) is 1.25. The van der Waals surface area contributed by atoms with Gasteiger partial charge < -0.3 is 0 Å². The summed E-state index contributed by atoms with van der Waals surface area (Å²) in [6.45, 7) is 2.21. The van der Waals surface area contributed by atoms with Crippen molar-refractivity contribution >= 4 is 23.4 Å². The lowest BCUT2D eigenvalue weighted by Crippen LogP contribution is -2.09. The largest absolute Gasteiger partial charge is 0.160 e. The SMILES string of the molecule is CCC1CSCC1Cl. The van der Waals surface area contributed by atoms with Gasteiger partial charge in [-0.05, 0) is 11.7 Å². The molecular weight excluding hydrogens is 140 g/mol. The zero-order valence-electron chi connectivity index (χ0n) is 5.06. The van der Waals surface area contributed by atoms with Crippen molar-refractivity contribution in [2.24, 2.45) is 5.92 Å². The Hall–Kier alpha value is 0.640. The van der Waals surface area contributed by atoms with E-state index in [2.05, 4.69) is 6.92 Å². The molecule has 0 aliphatic carbocycles. The van der Waals surface area contributed by atoms with Crippen LogP contribution < -0.4 is 0 Å². The molecule has 1 fully saturated rings. The van der Waals surface area contributed by atoms with E-state index in [1.807, 2.05) is 11.8 Å². The Bertz CT molecular complexity index is 74.9. The molecule has 1 saturated heterocycles. The van der Waals surface area contributed by atoms with Crippen molar-refractivity contribution in [2.75, 3.05) is 11.5 Å². The lowest BCUT2D eigenvalue weighted by Gasteiger charge is -2.06. The molecule has 0 saturated carbocycles.